The van der Waals surface area contributed by atoms with Gasteiger partial charge in [0.25, 0.3) is 0 Å². The van der Waals surface area contributed by atoms with Gasteiger partial charge in [-0.25, -0.2) is 0 Å². The molecule has 1 rings (SSSR count). The van der Waals surface area contributed by atoms with Crippen LogP contribution in [0.2, 0.25) is 0 Å². The molecule has 0 radical (unpaired) electrons. The number of Topliss-reactive ketones (excluding diaryl/α,β-unsaturated/α-hetero) is 1. The molecule has 82 valence electrons. The van der Waals surface area contributed by atoms with Crippen molar-refractivity contribution < 1.29 is 15.0 Å². The summed E-state index contributed by atoms with van der Waals surface area (Å²) >= 11 is 0. The molecule has 0 amide bonds. The fourth-order valence-corrected chi connectivity index (χ4v) is 1.42. The first-order chi connectivity index (χ1) is 7.09. The summed E-state index contributed by atoms with van der Waals surface area (Å²) in [5.74, 6) is -0.116. The van der Waals surface area contributed by atoms with Crippen molar-refractivity contribution in [2.45, 2.75) is 32.0 Å². The summed E-state index contributed by atoms with van der Waals surface area (Å²) in [5, 5.41) is 19.1. The molecule has 0 heterocycles. The van der Waals surface area contributed by atoms with Crippen LogP contribution in [0.1, 0.15) is 18.9 Å². The molecule has 0 saturated carbocycles. The molecule has 0 aromatic heterocycles. The second-order valence-corrected chi connectivity index (χ2v) is 3.73. The van der Waals surface area contributed by atoms with E-state index in [1.807, 2.05) is 30.3 Å². The summed E-state index contributed by atoms with van der Waals surface area (Å²) in [7, 11) is 0. The van der Waals surface area contributed by atoms with Crippen LogP contribution in [-0.2, 0) is 11.2 Å². The molecule has 0 aliphatic heterocycles. The maximum atomic E-state index is 10.7. The average molecular weight is 208 g/mol. The van der Waals surface area contributed by atoms with Gasteiger partial charge in [-0.1, -0.05) is 30.3 Å². The van der Waals surface area contributed by atoms with Gasteiger partial charge in [-0.2, -0.15) is 0 Å². The van der Waals surface area contributed by atoms with E-state index in [1.165, 1.54) is 6.92 Å². The number of hydrogen-bond acceptors (Lipinski definition) is 3. The molecule has 2 atom stereocenters. The minimum atomic E-state index is -0.970. The Morgan fingerprint density at radius 3 is 2.33 bits per heavy atom. The first-order valence-corrected chi connectivity index (χ1v) is 4.99. The number of aliphatic hydroxyl groups excluding tert-OH is 2. The van der Waals surface area contributed by atoms with Crippen LogP contribution in [-0.4, -0.2) is 28.2 Å². The lowest BCUT2D eigenvalue weighted by atomic mass is 10.0. The van der Waals surface area contributed by atoms with E-state index in [-0.39, 0.29) is 12.2 Å². The van der Waals surface area contributed by atoms with Crippen LogP contribution in [0.4, 0.5) is 0 Å². The zero-order valence-electron chi connectivity index (χ0n) is 8.76. The Hall–Kier alpha value is -1.19. The third-order valence-corrected chi connectivity index (χ3v) is 2.23. The predicted molar refractivity (Wildman–Crippen MR) is 57.5 cm³/mol. The van der Waals surface area contributed by atoms with Gasteiger partial charge in [-0.05, 0) is 12.5 Å². The van der Waals surface area contributed by atoms with Crippen LogP contribution in [0.5, 0.6) is 0 Å². The number of hydrogen-bond donors (Lipinski definition) is 2. The normalized spacial score (nSPS) is 14.6. The Labute approximate surface area is 89.4 Å². The highest BCUT2D eigenvalue weighted by Crippen LogP contribution is 2.08. The largest absolute Gasteiger partial charge is 0.390 e. The van der Waals surface area contributed by atoms with E-state index in [0.717, 1.165) is 5.56 Å². The Morgan fingerprint density at radius 1 is 1.20 bits per heavy atom. The lowest BCUT2D eigenvalue weighted by molar-refractivity contribution is -0.120. The number of carbonyl (C=O) groups is 1. The molecule has 1 aromatic carbocycles. The first kappa shape index (κ1) is 11.9. The van der Waals surface area contributed by atoms with Gasteiger partial charge in [-0.15, -0.1) is 0 Å². The lowest BCUT2D eigenvalue weighted by Crippen LogP contribution is -2.29. The molecule has 0 fully saturated rings. The molecule has 2 unspecified atom stereocenters. The summed E-state index contributed by atoms with van der Waals surface area (Å²) < 4.78 is 0. The second-order valence-electron chi connectivity index (χ2n) is 3.73. The van der Waals surface area contributed by atoms with Crippen molar-refractivity contribution in [1.82, 2.24) is 0 Å². The molecule has 2 N–H and O–H groups in total. The SMILES string of the molecule is CC(=O)CC(O)C(O)Cc1ccccc1. The monoisotopic (exact) mass is 208 g/mol. The van der Waals surface area contributed by atoms with Gasteiger partial charge in [0.1, 0.15) is 5.78 Å². The first-order valence-electron chi connectivity index (χ1n) is 4.99. The van der Waals surface area contributed by atoms with Crippen molar-refractivity contribution in [3.05, 3.63) is 35.9 Å². The van der Waals surface area contributed by atoms with E-state index in [0.29, 0.717) is 6.42 Å². The van der Waals surface area contributed by atoms with Gasteiger partial charge in [0.05, 0.1) is 12.2 Å². The van der Waals surface area contributed by atoms with Crippen LogP contribution in [0.15, 0.2) is 30.3 Å². The minimum Gasteiger partial charge on any atom is -0.390 e. The summed E-state index contributed by atoms with van der Waals surface area (Å²) in [5.41, 5.74) is 0.951. The van der Waals surface area contributed by atoms with Crippen LogP contribution in [0.3, 0.4) is 0 Å². The fraction of sp³-hybridized carbons (Fsp3) is 0.417. The third kappa shape index (κ3) is 4.23. The fourth-order valence-electron chi connectivity index (χ4n) is 1.42. The molecule has 0 saturated heterocycles. The second kappa shape index (κ2) is 5.63. The molecular weight excluding hydrogens is 192 g/mol. The van der Waals surface area contributed by atoms with Gasteiger partial charge in [-0.3, -0.25) is 4.79 Å². The van der Waals surface area contributed by atoms with Crippen LogP contribution in [0.25, 0.3) is 0 Å². The number of aliphatic hydroxyl groups is 2. The van der Waals surface area contributed by atoms with E-state index in [4.69, 9.17) is 0 Å². The smallest absolute Gasteiger partial charge is 0.132 e. The highest BCUT2D eigenvalue weighted by atomic mass is 16.3. The van der Waals surface area contributed by atoms with Crippen molar-refractivity contribution in [3.8, 4) is 0 Å². The molecule has 0 spiro atoms. The average Bonchev–Trinajstić information content (AvgIpc) is 2.18. The molecule has 0 aliphatic carbocycles. The molecule has 15 heavy (non-hydrogen) atoms. The Bertz CT molecular complexity index is 308. The van der Waals surface area contributed by atoms with Gasteiger partial charge >= 0.3 is 0 Å². The van der Waals surface area contributed by atoms with Gasteiger partial charge in [0.2, 0.25) is 0 Å². The number of ketones is 1. The molecule has 0 bridgehead atoms. The van der Waals surface area contributed by atoms with E-state index in [9.17, 15) is 15.0 Å². The van der Waals surface area contributed by atoms with Crippen molar-refractivity contribution >= 4 is 5.78 Å². The zero-order chi connectivity index (χ0) is 11.3. The molecule has 3 heteroatoms. The number of benzene rings is 1. The highest BCUT2D eigenvalue weighted by Gasteiger charge is 2.17. The van der Waals surface area contributed by atoms with Crippen LogP contribution >= 0.6 is 0 Å². The maximum absolute atomic E-state index is 10.7. The van der Waals surface area contributed by atoms with Crippen molar-refractivity contribution in [2.75, 3.05) is 0 Å². The maximum Gasteiger partial charge on any atom is 0.132 e. The van der Waals surface area contributed by atoms with E-state index in [1.54, 1.807) is 0 Å². The van der Waals surface area contributed by atoms with Crippen molar-refractivity contribution in [2.24, 2.45) is 0 Å². The number of carbonyl (C=O) groups excluding carboxylic acids is 1. The topological polar surface area (TPSA) is 57.5 Å². The predicted octanol–water partition coefficient (Wildman–Crippen LogP) is 0.930. The van der Waals surface area contributed by atoms with E-state index >= 15 is 0 Å². The molecular formula is C12H16O3. The molecule has 3 nitrogen and oxygen atoms in total. The molecule has 1 aromatic rings. The Morgan fingerprint density at radius 2 is 1.80 bits per heavy atom. The summed E-state index contributed by atoms with van der Waals surface area (Å²) in [4.78, 5) is 10.7. The minimum absolute atomic E-state index is 0.00794. The standard InChI is InChI=1S/C12H16O3/c1-9(13)7-11(14)12(15)8-10-5-3-2-4-6-10/h2-6,11-12,14-15H,7-8H2,1H3. The van der Waals surface area contributed by atoms with Crippen LogP contribution < -0.4 is 0 Å². The zero-order valence-corrected chi connectivity index (χ0v) is 8.76. The van der Waals surface area contributed by atoms with E-state index < -0.39 is 12.2 Å². The summed E-state index contributed by atoms with van der Waals surface area (Å²) in [6, 6.07) is 9.40. The van der Waals surface area contributed by atoms with Crippen LogP contribution in [0, 0.1) is 0 Å². The van der Waals surface area contributed by atoms with Crippen molar-refractivity contribution in [3.63, 3.8) is 0 Å². The summed E-state index contributed by atoms with van der Waals surface area (Å²) in [6.45, 7) is 1.40. The lowest BCUT2D eigenvalue weighted by Gasteiger charge is -2.16. The highest BCUT2D eigenvalue weighted by molar-refractivity contribution is 5.76. The molecule has 0 aliphatic rings. The quantitative estimate of drug-likeness (QED) is 0.756. The third-order valence-electron chi connectivity index (χ3n) is 2.23. The van der Waals surface area contributed by atoms with Gasteiger partial charge < -0.3 is 10.2 Å². The summed E-state index contributed by atoms with van der Waals surface area (Å²) in [6.07, 6.45) is -1.47. The Kier molecular flexibility index (Phi) is 4.46. The van der Waals surface area contributed by atoms with Gasteiger partial charge in [0, 0.05) is 12.8 Å². The number of rotatable bonds is 5. The van der Waals surface area contributed by atoms with E-state index in [2.05, 4.69) is 0 Å². The Balaban J connectivity index is 2.48. The van der Waals surface area contributed by atoms with Crippen molar-refractivity contribution in [1.29, 1.82) is 0 Å². The van der Waals surface area contributed by atoms with Gasteiger partial charge in [0.15, 0.2) is 0 Å².